The van der Waals surface area contributed by atoms with Crippen LogP contribution in [0.1, 0.15) is 46.5 Å². The van der Waals surface area contributed by atoms with Gasteiger partial charge in [0.2, 0.25) is 0 Å². The van der Waals surface area contributed by atoms with Crippen molar-refractivity contribution in [3.05, 3.63) is 12.2 Å². The zero-order valence-electron chi connectivity index (χ0n) is 9.58. The van der Waals surface area contributed by atoms with Crippen LogP contribution in [0.25, 0.3) is 0 Å². The topological polar surface area (TPSA) is 26.3 Å². The fraction of sp³-hybridized carbons (Fsp3) is 0.750. The smallest absolute Gasteiger partial charge is 0.302 e. The molecule has 0 aliphatic rings. The largest absolute Gasteiger partial charge is 0.466 e. The number of carbonyl (C=O) groups is 1. The second kappa shape index (κ2) is 8.79. The third kappa shape index (κ3) is 9.30. The molecular weight excluding hydrogens is 176 g/mol. The molecule has 0 aromatic carbocycles. The van der Waals surface area contributed by atoms with Gasteiger partial charge in [0.15, 0.2) is 0 Å². The van der Waals surface area contributed by atoms with Crippen LogP contribution in [0.15, 0.2) is 12.2 Å². The summed E-state index contributed by atoms with van der Waals surface area (Å²) in [6.45, 7) is 6.43. The van der Waals surface area contributed by atoms with Gasteiger partial charge in [-0.1, -0.05) is 32.4 Å². The minimum atomic E-state index is -0.196. The summed E-state index contributed by atoms with van der Waals surface area (Å²) in [4.78, 5) is 10.4. The minimum Gasteiger partial charge on any atom is -0.466 e. The Hall–Kier alpha value is -0.790. The second-order valence-corrected chi connectivity index (χ2v) is 3.69. The molecule has 1 atom stereocenters. The maximum atomic E-state index is 10.4. The molecule has 0 saturated heterocycles. The average molecular weight is 198 g/mol. The van der Waals surface area contributed by atoms with E-state index in [9.17, 15) is 4.79 Å². The summed E-state index contributed by atoms with van der Waals surface area (Å²) in [5.41, 5.74) is 0. The number of esters is 1. The molecule has 0 spiro atoms. The molecule has 82 valence electrons. The third-order valence-corrected chi connectivity index (χ3v) is 2.28. The van der Waals surface area contributed by atoms with Crippen LogP contribution < -0.4 is 0 Å². The van der Waals surface area contributed by atoms with E-state index in [0.717, 1.165) is 18.8 Å². The molecular formula is C12H22O2. The van der Waals surface area contributed by atoms with Crippen molar-refractivity contribution in [1.82, 2.24) is 0 Å². The van der Waals surface area contributed by atoms with E-state index in [1.165, 1.54) is 19.8 Å². The van der Waals surface area contributed by atoms with Crippen molar-refractivity contribution in [1.29, 1.82) is 0 Å². The Balaban J connectivity index is 3.23. The lowest BCUT2D eigenvalue weighted by Gasteiger charge is -2.04. The number of allylic oxidation sites excluding steroid dienone is 1. The van der Waals surface area contributed by atoms with Gasteiger partial charge in [0, 0.05) is 6.92 Å². The third-order valence-electron chi connectivity index (χ3n) is 2.28. The van der Waals surface area contributed by atoms with Crippen LogP contribution in [-0.4, -0.2) is 12.6 Å². The summed E-state index contributed by atoms with van der Waals surface area (Å²) in [6.07, 6.45) is 8.73. The van der Waals surface area contributed by atoms with Gasteiger partial charge in [-0.15, -0.1) is 0 Å². The van der Waals surface area contributed by atoms with Gasteiger partial charge >= 0.3 is 5.97 Å². The first kappa shape index (κ1) is 13.2. The Labute approximate surface area is 87.3 Å². The highest BCUT2D eigenvalue weighted by Crippen LogP contribution is 2.09. The summed E-state index contributed by atoms with van der Waals surface area (Å²) in [7, 11) is 0. The van der Waals surface area contributed by atoms with E-state index in [0.29, 0.717) is 6.61 Å². The quantitative estimate of drug-likeness (QED) is 0.356. The number of hydrogen-bond acceptors (Lipinski definition) is 2. The molecule has 0 bridgehead atoms. The van der Waals surface area contributed by atoms with E-state index in [4.69, 9.17) is 4.74 Å². The van der Waals surface area contributed by atoms with Gasteiger partial charge in [-0.05, 0) is 25.2 Å². The summed E-state index contributed by atoms with van der Waals surface area (Å²) >= 11 is 0. The first-order chi connectivity index (χ1) is 6.66. The molecule has 0 aliphatic carbocycles. The van der Waals surface area contributed by atoms with Gasteiger partial charge in [0.25, 0.3) is 0 Å². The standard InChI is InChI=1S/C12H22O2/c1-4-11(2)9-7-5-6-8-10-14-12(3)13/h5-6,11H,4,7-10H2,1-3H3/b6-5-. The first-order valence-corrected chi connectivity index (χ1v) is 5.45. The van der Waals surface area contributed by atoms with Gasteiger partial charge < -0.3 is 4.74 Å². The van der Waals surface area contributed by atoms with Crippen LogP contribution in [0.4, 0.5) is 0 Å². The molecule has 2 nitrogen and oxygen atoms in total. The molecule has 0 aromatic heterocycles. The highest BCUT2D eigenvalue weighted by molar-refractivity contribution is 5.65. The zero-order chi connectivity index (χ0) is 10.8. The highest BCUT2D eigenvalue weighted by atomic mass is 16.5. The molecule has 1 unspecified atom stereocenters. The Morgan fingerprint density at radius 3 is 2.57 bits per heavy atom. The molecule has 0 heterocycles. The SMILES string of the molecule is CCC(C)CC/C=C\CCOC(C)=O. The average Bonchev–Trinajstić information content (AvgIpc) is 2.15. The second-order valence-electron chi connectivity index (χ2n) is 3.69. The Bertz CT molecular complexity index is 173. The van der Waals surface area contributed by atoms with Crippen LogP contribution in [0.3, 0.4) is 0 Å². The van der Waals surface area contributed by atoms with Crippen LogP contribution in [0, 0.1) is 5.92 Å². The fourth-order valence-corrected chi connectivity index (χ4v) is 1.09. The molecule has 0 N–H and O–H groups in total. The first-order valence-electron chi connectivity index (χ1n) is 5.45. The van der Waals surface area contributed by atoms with Crippen molar-refractivity contribution in [2.75, 3.05) is 6.61 Å². The number of carbonyl (C=O) groups excluding carboxylic acids is 1. The molecule has 0 fully saturated rings. The summed E-state index contributed by atoms with van der Waals surface area (Å²) < 4.78 is 4.80. The van der Waals surface area contributed by atoms with E-state index in [1.807, 2.05) is 0 Å². The minimum absolute atomic E-state index is 0.196. The predicted molar refractivity (Wildman–Crippen MR) is 59.1 cm³/mol. The van der Waals surface area contributed by atoms with E-state index in [2.05, 4.69) is 26.0 Å². The maximum absolute atomic E-state index is 10.4. The lowest BCUT2D eigenvalue weighted by molar-refractivity contribution is -0.140. The van der Waals surface area contributed by atoms with Crippen molar-refractivity contribution in [2.45, 2.75) is 46.5 Å². The molecule has 0 rings (SSSR count). The number of rotatable bonds is 7. The molecule has 0 radical (unpaired) electrons. The van der Waals surface area contributed by atoms with Crippen molar-refractivity contribution in [2.24, 2.45) is 5.92 Å². The van der Waals surface area contributed by atoms with Crippen molar-refractivity contribution in [3.8, 4) is 0 Å². The van der Waals surface area contributed by atoms with Gasteiger partial charge in [-0.3, -0.25) is 4.79 Å². The van der Waals surface area contributed by atoms with E-state index < -0.39 is 0 Å². The maximum Gasteiger partial charge on any atom is 0.302 e. The summed E-state index contributed by atoms with van der Waals surface area (Å²) in [6, 6.07) is 0. The molecule has 0 aliphatic heterocycles. The van der Waals surface area contributed by atoms with E-state index in [1.54, 1.807) is 0 Å². The molecule has 0 saturated carbocycles. The molecule has 0 amide bonds. The highest BCUT2D eigenvalue weighted by Gasteiger charge is 1.95. The van der Waals surface area contributed by atoms with Gasteiger partial charge in [-0.2, -0.15) is 0 Å². The number of ether oxygens (including phenoxy) is 1. The lowest BCUT2D eigenvalue weighted by Crippen LogP contribution is -1.98. The van der Waals surface area contributed by atoms with Gasteiger partial charge in [0.1, 0.15) is 0 Å². The molecule has 0 aromatic rings. The Morgan fingerprint density at radius 2 is 2.00 bits per heavy atom. The van der Waals surface area contributed by atoms with E-state index >= 15 is 0 Å². The van der Waals surface area contributed by atoms with Crippen LogP contribution in [0.2, 0.25) is 0 Å². The Morgan fingerprint density at radius 1 is 1.36 bits per heavy atom. The van der Waals surface area contributed by atoms with Crippen LogP contribution in [0.5, 0.6) is 0 Å². The number of hydrogen-bond donors (Lipinski definition) is 0. The summed E-state index contributed by atoms with van der Waals surface area (Å²) in [5.74, 6) is 0.617. The Kier molecular flexibility index (Phi) is 8.30. The van der Waals surface area contributed by atoms with Crippen molar-refractivity contribution in [3.63, 3.8) is 0 Å². The lowest BCUT2D eigenvalue weighted by atomic mass is 10.0. The molecule has 2 heteroatoms. The van der Waals surface area contributed by atoms with Gasteiger partial charge in [0.05, 0.1) is 6.61 Å². The van der Waals surface area contributed by atoms with Crippen LogP contribution >= 0.6 is 0 Å². The predicted octanol–water partition coefficient (Wildman–Crippen LogP) is 3.32. The van der Waals surface area contributed by atoms with E-state index in [-0.39, 0.29) is 5.97 Å². The van der Waals surface area contributed by atoms with Crippen molar-refractivity contribution >= 4 is 5.97 Å². The fourth-order valence-electron chi connectivity index (χ4n) is 1.09. The molecule has 14 heavy (non-hydrogen) atoms. The van der Waals surface area contributed by atoms with Crippen LogP contribution in [-0.2, 0) is 9.53 Å². The monoisotopic (exact) mass is 198 g/mol. The van der Waals surface area contributed by atoms with Crippen molar-refractivity contribution < 1.29 is 9.53 Å². The zero-order valence-corrected chi connectivity index (χ0v) is 9.58. The normalized spacial score (nSPS) is 13.1. The summed E-state index contributed by atoms with van der Waals surface area (Å²) in [5, 5.41) is 0. The van der Waals surface area contributed by atoms with Gasteiger partial charge in [-0.25, -0.2) is 0 Å².